The number of aromatic carboxylic acids is 1. The molecule has 1 fully saturated rings. The first kappa shape index (κ1) is 26.2. The molecule has 7 rings (SSSR count). The Morgan fingerprint density at radius 2 is 1.69 bits per heavy atom. The molecule has 0 saturated heterocycles. The molecular formula is C34H27ClN4O3. The molecule has 0 bridgehead atoms. The number of carboxylic acid groups (broad SMARTS) is 1. The van der Waals surface area contributed by atoms with Crippen molar-refractivity contribution in [2.45, 2.75) is 37.5 Å². The molecule has 2 aliphatic rings. The van der Waals surface area contributed by atoms with Crippen LogP contribution in [0.25, 0.3) is 27.9 Å². The number of carboxylic acids is 1. The molecule has 1 aliphatic carbocycles. The molecule has 2 atom stereocenters. The number of carbonyl (C=O) groups excluding carboxylic acids is 1. The van der Waals surface area contributed by atoms with Crippen molar-refractivity contribution in [1.82, 2.24) is 14.8 Å². The van der Waals surface area contributed by atoms with Gasteiger partial charge in [-0.25, -0.2) is 14.5 Å². The topological polar surface area (TPSA) is 97.1 Å². The largest absolute Gasteiger partial charge is 0.478 e. The number of nitrogens with one attached hydrogen (secondary N) is 1. The van der Waals surface area contributed by atoms with Crippen LogP contribution in [0.1, 0.15) is 59.2 Å². The average molecular weight is 575 g/mol. The number of anilines is 1. The predicted octanol–water partition coefficient (Wildman–Crippen LogP) is 7.45. The predicted molar refractivity (Wildman–Crippen MR) is 162 cm³/mol. The second-order valence-corrected chi connectivity index (χ2v) is 11.7. The molecule has 0 radical (unpaired) electrons. The van der Waals surface area contributed by atoms with Gasteiger partial charge in [-0.3, -0.25) is 4.79 Å². The van der Waals surface area contributed by atoms with Gasteiger partial charge in [0, 0.05) is 17.2 Å². The standard InChI is InChI=1S/C34H27ClN4O3/c1-19(2)25-12-9-23(13-27(25)32(40)41)29-16-34(29)28-14-26(30(35)15-31(28)38-33(34)42)22-5-3-20(4-6-22)21-7-10-24(11-8-21)39-18-36-17-37-39/h3-15,17-19,29H,16H2,1-2H3,(H,38,42)(H,40,41). The number of rotatable bonds is 6. The van der Waals surface area contributed by atoms with Gasteiger partial charge in [-0.15, -0.1) is 0 Å². The summed E-state index contributed by atoms with van der Waals surface area (Å²) in [4.78, 5) is 29.4. The van der Waals surface area contributed by atoms with E-state index in [4.69, 9.17) is 11.6 Å². The number of hydrogen-bond donors (Lipinski definition) is 2. The number of amides is 1. The third-order valence-corrected chi connectivity index (χ3v) is 8.93. The highest BCUT2D eigenvalue weighted by Crippen LogP contribution is 2.65. The van der Waals surface area contributed by atoms with E-state index in [2.05, 4.69) is 27.5 Å². The Bertz CT molecular complexity index is 1860. The highest BCUT2D eigenvalue weighted by Gasteiger charge is 2.65. The minimum atomic E-state index is -0.949. The molecular weight excluding hydrogens is 548 g/mol. The number of benzene rings is 4. The zero-order valence-corrected chi connectivity index (χ0v) is 23.8. The average Bonchev–Trinajstić information content (AvgIpc) is 3.38. The van der Waals surface area contributed by atoms with E-state index in [9.17, 15) is 14.7 Å². The number of halogens is 1. The van der Waals surface area contributed by atoms with Crippen LogP contribution in [-0.4, -0.2) is 31.7 Å². The maximum Gasteiger partial charge on any atom is 0.335 e. The molecule has 1 spiro atoms. The fourth-order valence-corrected chi connectivity index (χ4v) is 6.58. The Morgan fingerprint density at radius 3 is 2.33 bits per heavy atom. The van der Waals surface area contributed by atoms with Gasteiger partial charge in [0.15, 0.2) is 0 Å². The molecule has 2 unspecified atom stereocenters. The van der Waals surface area contributed by atoms with E-state index >= 15 is 0 Å². The molecule has 1 amide bonds. The highest BCUT2D eigenvalue weighted by atomic mass is 35.5. The molecule has 208 valence electrons. The van der Waals surface area contributed by atoms with Crippen LogP contribution in [0.2, 0.25) is 5.02 Å². The zero-order valence-electron chi connectivity index (χ0n) is 23.0. The van der Waals surface area contributed by atoms with Gasteiger partial charge in [0.1, 0.15) is 12.7 Å². The Hall–Kier alpha value is -4.75. The lowest BCUT2D eigenvalue weighted by atomic mass is 9.88. The van der Waals surface area contributed by atoms with Crippen molar-refractivity contribution in [3.63, 3.8) is 0 Å². The zero-order chi connectivity index (χ0) is 29.2. The SMILES string of the molecule is CC(C)c1ccc(C2CC23C(=O)Nc2cc(Cl)c(-c4ccc(-c5ccc(-n6cncn6)cc5)cc4)cc23)cc1C(=O)O. The van der Waals surface area contributed by atoms with Gasteiger partial charge in [-0.1, -0.05) is 74.0 Å². The van der Waals surface area contributed by atoms with Crippen LogP contribution in [0.3, 0.4) is 0 Å². The van der Waals surface area contributed by atoms with Crippen molar-refractivity contribution < 1.29 is 14.7 Å². The quantitative estimate of drug-likeness (QED) is 0.219. The lowest BCUT2D eigenvalue weighted by Crippen LogP contribution is -2.21. The third-order valence-electron chi connectivity index (χ3n) is 8.61. The molecule has 42 heavy (non-hydrogen) atoms. The number of hydrogen-bond acceptors (Lipinski definition) is 4. The van der Waals surface area contributed by atoms with Gasteiger partial charge < -0.3 is 10.4 Å². The summed E-state index contributed by atoms with van der Waals surface area (Å²) in [6, 6.07) is 25.8. The van der Waals surface area contributed by atoms with E-state index in [1.165, 1.54) is 6.33 Å². The van der Waals surface area contributed by atoms with Crippen LogP contribution in [0.15, 0.2) is 91.5 Å². The lowest BCUT2D eigenvalue weighted by molar-refractivity contribution is -0.118. The summed E-state index contributed by atoms with van der Waals surface area (Å²) < 4.78 is 1.71. The van der Waals surface area contributed by atoms with Gasteiger partial charge in [-0.05, 0) is 76.1 Å². The van der Waals surface area contributed by atoms with E-state index in [0.29, 0.717) is 17.0 Å². The molecule has 1 saturated carbocycles. The molecule has 7 nitrogen and oxygen atoms in total. The first-order valence-electron chi connectivity index (χ1n) is 13.8. The monoisotopic (exact) mass is 574 g/mol. The van der Waals surface area contributed by atoms with Gasteiger partial charge >= 0.3 is 5.97 Å². The van der Waals surface area contributed by atoms with Gasteiger partial charge in [-0.2, -0.15) is 5.10 Å². The molecule has 2 heterocycles. The van der Waals surface area contributed by atoms with Crippen LogP contribution in [-0.2, 0) is 10.2 Å². The summed E-state index contributed by atoms with van der Waals surface area (Å²) in [5.41, 5.74) is 7.74. The van der Waals surface area contributed by atoms with Gasteiger partial charge in [0.2, 0.25) is 5.91 Å². The number of aromatic nitrogens is 3. The van der Waals surface area contributed by atoms with Crippen LogP contribution >= 0.6 is 11.6 Å². The lowest BCUT2D eigenvalue weighted by Gasteiger charge is -2.15. The van der Waals surface area contributed by atoms with Gasteiger partial charge in [0.05, 0.1) is 21.7 Å². The van der Waals surface area contributed by atoms with Crippen molar-refractivity contribution >= 4 is 29.2 Å². The summed E-state index contributed by atoms with van der Waals surface area (Å²) in [5.74, 6) is -1.03. The minimum Gasteiger partial charge on any atom is -0.478 e. The minimum absolute atomic E-state index is 0.0646. The Morgan fingerprint density at radius 1 is 1.00 bits per heavy atom. The van der Waals surface area contributed by atoms with Crippen molar-refractivity contribution in [3.8, 4) is 27.9 Å². The van der Waals surface area contributed by atoms with Crippen molar-refractivity contribution in [2.24, 2.45) is 0 Å². The molecule has 5 aromatic rings. The maximum absolute atomic E-state index is 13.4. The fourth-order valence-electron chi connectivity index (χ4n) is 6.31. The summed E-state index contributed by atoms with van der Waals surface area (Å²) in [6.07, 6.45) is 3.79. The molecule has 8 heteroatoms. The summed E-state index contributed by atoms with van der Waals surface area (Å²) in [7, 11) is 0. The van der Waals surface area contributed by atoms with E-state index in [1.54, 1.807) is 17.1 Å². The molecule has 1 aliphatic heterocycles. The third kappa shape index (κ3) is 4.11. The Labute approximate surface area is 247 Å². The van der Waals surface area contributed by atoms with Crippen LogP contribution in [0.5, 0.6) is 0 Å². The normalized spacial score (nSPS) is 18.8. The Balaban J connectivity index is 1.20. The number of carbonyl (C=O) groups is 2. The number of fused-ring (bicyclic) bond motifs is 2. The van der Waals surface area contributed by atoms with Crippen molar-refractivity contribution in [1.29, 1.82) is 0 Å². The highest BCUT2D eigenvalue weighted by molar-refractivity contribution is 6.34. The second-order valence-electron chi connectivity index (χ2n) is 11.3. The maximum atomic E-state index is 13.4. The van der Waals surface area contributed by atoms with Crippen LogP contribution in [0.4, 0.5) is 5.69 Å². The fraction of sp³-hybridized carbons (Fsp3) is 0.176. The first-order chi connectivity index (χ1) is 20.3. The van der Waals surface area contributed by atoms with E-state index in [-0.39, 0.29) is 17.7 Å². The Kier molecular flexibility index (Phi) is 6.02. The van der Waals surface area contributed by atoms with E-state index < -0.39 is 11.4 Å². The van der Waals surface area contributed by atoms with Crippen molar-refractivity contribution in [3.05, 3.63) is 119 Å². The van der Waals surface area contributed by atoms with Crippen molar-refractivity contribution in [2.75, 3.05) is 5.32 Å². The summed E-state index contributed by atoms with van der Waals surface area (Å²) >= 11 is 6.75. The second kappa shape index (κ2) is 9.67. The summed E-state index contributed by atoms with van der Waals surface area (Å²) in [5, 5.41) is 17.6. The van der Waals surface area contributed by atoms with Crippen LogP contribution < -0.4 is 5.32 Å². The summed E-state index contributed by atoms with van der Waals surface area (Å²) in [6.45, 7) is 3.96. The first-order valence-corrected chi connectivity index (χ1v) is 14.2. The smallest absolute Gasteiger partial charge is 0.335 e. The molecule has 2 N–H and O–H groups in total. The van der Waals surface area contributed by atoms with Crippen LogP contribution in [0, 0.1) is 0 Å². The van der Waals surface area contributed by atoms with E-state index in [1.807, 2.05) is 74.5 Å². The number of nitrogens with zero attached hydrogens (tertiary/aromatic N) is 3. The molecule has 4 aromatic carbocycles. The van der Waals surface area contributed by atoms with Gasteiger partial charge in [0.25, 0.3) is 0 Å². The van der Waals surface area contributed by atoms with E-state index in [0.717, 1.165) is 50.3 Å². The molecule has 1 aromatic heterocycles.